The molecule has 0 aliphatic carbocycles. The van der Waals surface area contributed by atoms with Gasteiger partial charge in [0.05, 0.1) is 5.92 Å². The topological polar surface area (TPSA) is 34.1 Å². The van der Waals surface area contributed by atoms with Crippen molar-refractivity contribution in [3.8, 4) is 0 Å². The Bertz CT molecular complexity index is 173. The number of halogens is 1. The molecule has 1 unspecified atom stereocenters. The number of carbonyl (C=O) groups excluding carboxylic acids is 2. The summed E-state index contributed by atoms with van der Waals surface area (Å²) < 4.78 is 0. The van der Waals surface area contributed by atoms with Crippen LogP contribution in [0.25, 0.3) is 0 Å². The molecule has 0 amide bonds. The molecule has 0 aliphatic rings. The third-order valence-electron chi connectivity index (χ3n) is 1.18. The molecule has 0 aromatic rings. The monoisotopic (exact) mass is 226 g/mol. The summed E-state index contributed by atoms with van der Waals surface area (Å²) >= 11 is 8.04. The van der Waals surface area contributed by atoms with Gasteiger partial charge in [-0.3, -0.25) is 9.59 Å². The first-order valence-corrected chi connectivity index (χ1v) is 6.15. The Kier molecular flexibility index (Phi) is 6.99. The van der Waals surface area contributed by atoms with Gasteiger partial charge in [-0.15, -0.1) is 0 Å². The first-order valence-electron chi connectivity index (χ1n) is 3.39. The molecular weight excluding hydrogens is 216 g/mol. The van der Waals surface area contributed by atoms with Crippen molar-refractivity contribution in [2.24, 2.45) is 5.92 Å². The number of rotatable bonds is 5. The van der Waals surface area contributed by atoms with Crippen LogP contribution in [0.2, 0.25) is 0 Å². The van der Waals surface area contributed by atoms with Crippen LogP contribution in [-0.4, -0.2) is 28.1 Å². The van der Waals surface area contributed by atoms with Gasteiger partial charge in [0, 0.05) is 18.4 Å². The molecule has 0 saturated heterocycles. The maximum Gasteiger partial charge on any atom is 0.226 e. The van der Waals surface area contributed by atoms with Gasteiger partial charge >= 0.3 is 0 Å². The predicted octanol–water partition coefficient (Wildman–Crippen LogP) is 2.01. The molecule has 0 bridgehead atoms. The summed E-state index contributed by atoms with van der Waals surface area (Å²) in [6, 6.07) is 0. The summed E-state index contributed by atoms with van der Waals surface area (Å²) in [7, 11) is 0. The van der Waals surface area contributed by atoms with Gasteiger partial charge in [0.1, 0.15) is 0 Å². The first-order chi connectivity index (χ1) is 5.57. The van der Waals surface area contributed by atoms with Crippen LogP contribution in [0.15, 0.2) is 0 Å². The first kappa shape index (κ1) is 12.3. The van der Waals surface area contributed by atoms with Gasteiger partial charge in [-0.1, -0.05) is 11.8 Å². The summed E-state index contributed by atoms with van der Waals surface area (Å²) in [5.41, 5.74) is 0. The van der Waals surface area contributed by atoms with E-state index in [1.165, 1.54) is 6.92 Å². The van der Waals surface area contributed by atoms with Crippen LogP contribution in [0, 0.1) is 5.92 Å². The van der Waals surface area contributed by atoms with Crippen molar-refractivity contribution in [3.63, 3.8) is 0 Å². The second kappa shape index (κ2) is 6.80. The molecule has 0 saturated carbocycles. The Labute approximate surface area is 85.8 Å². The van der Waals surface area contributed by atoms with E-state index in [9.17, 15) is 9.59 Å². The maximum atomic E-state index is 10.8. The van der Waals surface area contributed by atoms with E-state index in [0.717, 1.165) is 11.8 Å². The zero-order chi connectivity index (χ0) is 9.56. The predicted molar refractivity (Wildman–Crippen MR) is 55.9 cm³/mol. The fourth-order valence-corrected chi connectivity index (χ4v) is 2.46. The molecule has 70 valence electrons. The van der Waals surface area contributed by atoms with E-state index in [2.05, 4.69) is 0 Å². The number of hydrogen-bond donors (Lipinski definition) is 0. The molecule has 0 heterocycles. The van der Waals surface area contributed by atoms with Gasteiger partial charge in [0.25, 0.3) is 0 Å². The van der Waals surface area contributed by atoms with Crippen molar-refractivity contribution in [2.75, 3.05) is 17.8 Å². The summed E-state index contributed by atoms with van der Waals surface area (Å²) in [6.45, 7) is 1.49. The van der Waals surface area contributed by atoms with E-state index < -0.39 is 0 Å². The fourth-order valence-electron chi connectivity index (χ4n) is 0.598. The van der Waals surface area contributed by atoms with E-state index in [1.807, 2.05) is 6.26 Å². The summed E-state index contributed by atoms with van der Waals surface area (Å²) in [4.78, 5) is 21.4. The lowest BCUT2D eigenvalue weighted by Gasteiger charge is -2.08. The van der Waals surface area contributed by atoms with Gasteiger partial charge in [-0.25, -0.2) is 0 Å². The smallest absolute Gasteiger partial charge is 0.226 e. The molecule has 12 heavy (non-hydrogen) atoms. The Balaban J connectivity index is 3.79. The molecule has 0 aliphatic heterocycles. The Morgan fingerprint density at radius 1 is 1.42 bits per heavy atom. The molecule has 0 fully saturated rings. The summed E-state index contributed by atoms with van der Waals surface area (Å²) in [5.74, 6) is 0.983. The highest BCUT2D eigenvalue weighted by atomic mass is 35.5. The van der Waals surface area contributed by atoms with E-state index in [0.29, 0.717) is 11.5 Å². The van der Waals surface area contributed by atoms with Crippen molar-refractivity contribution >= 4 is 45.5 Å². The normalized spacial score (nSPS) is 12.6. The van der Waals surface area contributed by atoms with E-state index in [1.54, 1.807) is 11.8 Å². The lowest BCUT2D eigenvalue weighted by atomic mass is 10.2. The molecule has 0 aromatic heterocycles. The molecule has 0 radical (unpaired) electrons. The molecule has 0 N–H and O–H groups in total. The lowest BCUT2D eigenvalue weighted by molar-refractivity contribution is -0.113. The van der Waals surface area contributed by atoms with Crippen LogP contribution in [0.4, 0.5) is 0 Å². The minimum Gasteiger partial charge on any atom is -0.288 e. The summed E-state index contributed by atoms with van der Waals surface area (Å²) in [5, 5.41) is -0.322. The Morgan fingerprint density at radius 3 is 2.33 bits per heavy atom. The van der Waals surface area contributed by atoms with Gasteiger partial charge in [-0.05, 0) is 17.9 Å². The van der Waals surface area contributed by atoms with Crippen LogP contribution in [0.5, 0.6) is 0 Å². The molecule has 1 atom stereocenters. The number of thioether (sulfide) groups is 2. The average Bonchev–Trinajstić information content (AvgIpc) is 1.96. The van der Waals surface area contributed by atoms with Crippen molar-refractivity contribution < 1.29 is 9.59 Å². The van der Waals surface area contributed by atoms with Crippen LogP contribution in [0.3, 0.4) is 0 Å². The molecule has 0 spiro atoms. The number of hydrogen-bond acceptors (Lipinski definition) is 4. The largest absolute Gasteiger partial charge is 0.288 e. The fraction of sp³-hybridized carbons (Fsp3) is 0.714. The van der Waals surface area contributed by atoms with Gasteiger partial charge in [0.2, 0.25) is 5.24 Å². The van der Waals surface area contributed by atoms with Gasteiger partial charge in [-0.2, -0.15) is 11.8 Å². The minimum atomic E-state index is -0.349. The van der Waals surface area contributed by atoms with Crippen LogP contribution in [-0.2, 0) is 9.59 Å². The Morgan fingerprint density at radius 2 is 2.00 bits per heavy atom. The minimum absolute atomic E-state index is 0.0269. The highest BCUT2D eigenvalue weighted by molar-refractivity contribution is 8.13. The van der Waals surface area contributed by atoms with Crippen LogP contribution >= 0.6 is 35.1 Å². The number of carbonyl (C=O) groups is 2. The van der Waals surface area contributed by atoms with E-state index >= 15 is 0 Å². The average molecular weight is 227 g/mol. The quantitative estimate of drug-likeness (QED) is 0.672. The standard InChI is InChI=1S/C7H11ClO2S2/c1-5(9)12-4-6(3-11-2)7(8)10/h6H,3-4H2,1-2H3. The zero-order valence-electron chi connectivity index (χ0n) is 7.00. The Hall–Kier alpha value is 0.330. The highest BCUT2D eigenvalue weighted by Crippen LogP contribution is 2.16. The highest BCUT2D eigenvalue weighted by Gasteiger charge is 2.16. The van der Waals surface area contributed by atoms with Crippen molar-refractivity contribution in [1.82, 2.24) is 0 Å². The second-order valence-corrected chi connectivity index (χ2v) is 4.74. The molecule has 0 rings (SSSR count). The lowest BCUT2D eigenvalue weighted by Crippen LogP contribution is -2.15. The molecular formula is C7H11ClO2S2. The molecule has 2 nitrogen and oxygen atoms in total. The van der Waals surface area contributed by atoms with Crippen molar-refractivity contribution in [2.45, 2.75) is 6.92 Å². The van der Waals surface area contributed by atoms with E-state index in [4.69, 9.17) is 11.6 Å². The van der Waals surface area contributed by atoms with Gasteiger partial charge in [0.15, 0.2) is 5.12 Å². The zero-order valence-corrected chi connectivity index (χ0v) is 9.39. The van der Waals surface area contributed by atoms with Crippen molar-refractivity contribution in [1.29, 1.82) is 0 Å². The van der Waals surface area contributed by atoms with Gasteiger partial charge < -0.3 is 0 Å². The van der Waals surface area contributed by atoms with Crippen LogP contribution < -0.4 is 0 Å². The second-order valence-electron chi connectivity index (χ2n) is 2.26. The third kappa shape index (κ3) is 5.91. The SMILES string of the molecule is CSCC(CSC(C)=O)C(=O)Cl. The van der Waals surface area contributed by atoms with Crippen molar-refractivity contribution in [3.05, 3.63) is 0 Å². The van der Waals surface area contributed by atoms with Crippen LogP contribution in [0.1, 0.15) is 6.92 Å². The summed E-state index contributed by atoms with van der Waals surface area (Å²) in [6.07, 6.45) is 1.91. The molecule has 5 heteroatoms. The molecule has 0 aromatic carbocycles. The van der Waals surface area contributed by atoms with E-state index in [-0.39, 0.29) is 16.3 Å². The maximum absolute atomic E-state index is 10.8. The third-order valence-corrected chi connectivity index (χ3v) is 3.20.